The molecule has 0 N–H and O–H groups in total. The zero-order chi connectivity index (χ0) is 20.1. The van der Waals surface area contributed by atoms with Crippen molar-refractivity contribution in [1.29, 1.82) is 0 Å². The number of aryl methyl sites for hydroxylation is 1. The summed E-state index contributed by atoms with van der Waals surface area (Å²) in [5.74, 6) is 0. The van der Waals surface area contributed by atoms with Crippen LogP contribution in [0.2, 0.25) is 0 Å². The van der Waals surface area contributed by atoms with Gasteiger partial charge in [-0.1, -0.05) is 42.5 Å². The fraction of sp³-hybridized carbons (Fsp3) is 0.308. The highest BCUT2D eigenvalue weighted by Gasteiger charge is 2.42. The SMILES string of the molecule is O=C(N1CCCc2ccccc21)N1C2C=C(c3cccc4ncccc34)CC1CC2. The zero-order valence-electron chi connectivity index (χ0n) is 17.0. The van der Waals surface area contributed by atoms with Gasteiger partial charge in [-0.2, -0.15) is 0 Å². The molecule has 150 valence electrons. The Balaban J connectivity index is 1.34. The minimum Gasteiger partial charge on any atom is -0.315 e. The average Bonchev–Trinajstić information content (AvgIpc) is 3.07. The molecule has 2 aromatic carbocycles. The largest absolute Gasteiger partial charge is 0.325 e. The van der Waals surface area contributed by atoms with Crippen LogP contribution in [0, 0.1) is 0 Å². The number of fused-ring (bicyclic) bond motifs is 4. The lowest BCUT2D eigenvalue weighted by Gasteiger charge is -2.39. The van der Waals surface area contributed by atoms with Crippen molar-refractivity contribution in [2.75, 3.05) is 11.4 Å². The third-order valence-corrected chi connectivity index (χ3v) is 6.95. The van der Waals surface area contributed by atoms with Crippen LogP contribution >= 0.6 is 0 Å². The Morgan fingerprint density at radius 1 is 1.00 bits per heavy atom. The summed E-state index contributed by atoms with van der Waals surface area (Å²) in [5.41, 5.74) is 6.06. The number of nitrogens with zero attached hydrogens (tertiary/aromatic N) is 3. The van der Waals surface area contributed by atoms with E-state index < -0.39 is 0 Å². The van der Waals surface area contributed by atoms with Crippen molar-refractivity contribution in [3.8, 4) is 0 Å². The first-order valence-corrected chi connectivity index (χ1v) is 11.0. The van der Waals surface area contributed by atoms with E-state index in [0.29, 0.717) is 0 Å². The molecule has 0 aliphatic carbocycles. The van der Waals surface area contributed by atoms with Gasteiger partial charge in [-0.25, -0.2) is 4.79 Å². The summed E-state index contributed by atoms with van der Waals surface area (Å²) in [4.78, 5) is 22.3. The van der Waals surface area contributed by atoms with Crippen molar-refractivity contribution in [2.45, 2.75) is 44.2 Å². The van der Waals surface area contributed by atoms with Gasteiger partial charge in [0.15, 0.2) is 0 Å². The van der Waals surface area contributed by atoms with Crippen LogP contribution in [0.15, 0.2) is 66.9 Å². The smallest absolute Gasteiger partial charge is 0.315 e. The fourth-order valence-electron chi connectivity index (χ4n) is 5.58. The molecule has 1 fully saturated rings. The van der Waals surface area contributed by atoms with Crippen molar-refractivity contribution in [2.24, 2.45) is 0 Å². The lowest BCUT2D eigenvalue weighted by molar-refractivity contribution is 0.186. The standard InChI is InChI=1S/C26H25N3O/c30-26(28-15-5-7-18-6-1-2-11-25(18)28)29-20-12-13-21(29)17-19(16-20)22-8-3-10-24-23(22)9-4-14-27-24/h1-4,6,8-11,14,16,20-21H,5,7,12-13,15,17H2. The van der Waals surface area contributed by atoms with E-state index in [1.165, 1.54) is 22.1 Å². The minimum atomic E-state index is 0.185. The van der Waals surface area contributed by atoms with E-state index in [2.05, 4.69) is 58.4 Å². The molecule has 0 saturated carbocycles. The van der Waals surface area contributed by atoms with Gasteiger partial charge < -0.3 is 4.90 Å². The topological polar surface area (TPSA) is 36.4 Å². The Bertz CT molecular complexity index is 1160. The second-order valence-electron chi connectivity index (χ2n) is 8.64. The first kappa shape index (κ1) is 17.7. The van der Waals surface area contributed by atoms with Crippen LogP contribution < -0.4 is 4.90 Å². The summed E-state index contributed by atoms with van der Waals surface area (Å²) < 4.78 is 0. The third-order valence-electron chi connectivity index (χ3n) is 6.95. The molecule has 3 aliphatic rings. The van der Waals surface area contributed by atoms with E-state index in [1.54, 1.807) is 0 Å². The molecular weight excluding hydrogens is 370 g/mol. The van der Waals surface area contributed by atoms with Crippen LogP contribution in [0.25, 0.3) is 16.5 Å². The minimum absolute atomic E-state index is 0.185. The van der Waals surface area contributed by atoms with Gasteiger partial charge in [-0.05, 0) is 67.0 Å². The van der Waals surface area contributed by atoms with E-state index in [9.17, 15) is 4.79 Å². The molecule has 3 aromatic rings. The fourth-order valence-corrected chi connectivity index (χ4v) is 5.58. The van der Waals surface area contributed by atoms with Crippen molar-refractivity contribution in [3.63, 3.8) is 0 Å². The maximum Gasteiger partial charge on any atom is 0.325 e. The third kappa shape index (κ3) is 2.74. The molecule has 1 saturated heterocycles. The number of anilines is 1. The molecule has 4 heterocycles. The molecule has 30 heavy (non-hydrogen) atoms. The molecule has 2 bridgehead atoms. The molecule has 6 rings (SSSR count). The first-order chi connectivity index (χ1) is 14.8. The summed E-state index contributed by atoms with van der Waals surface area (Å²) in [6, 6.07) is 19.6. The van der Waals surface area contributed by atoms with Crippen LogP contribution in [0.4, 0.5) is 10.5 Å². The lowest BCUT2D eigenvalue weighted by atomic mass is 9.92. The second-order valence-corrected chi connectivity index (χ2v) is 8.64. The van der Waals surface area contributed by atoms with Crippen LogP contribution in [0.1, 0.15) is 36.8 Å². The van der Waals surface area contributed by atoms with E-state index in [1.807, 2.05) is 23.2 Å². The maximum absolute atomic E-state index is 13.6. The van der Waals surface area contributed by atoms with E-state index in [-0.39, 0.29) is 18.1 Å². The molecule has 1 aromatic heterocycles. The highest BCUT2D eigenvalue weighted by atomic mass is 16.2. The van der Waals surface area contributed by atoms with Crippen molar-refractivity contribution in [1.82, 2.24) is 9.88 Å². The number of amides is 2. The number of urea groups is 1. The van der Waals surface area contributed by atoms with Crippen molar-refractivity contribution >= 4 is 28.2 Å². The van der Waals surface area contributed by atoms with Crippen LogP contribution in [0.5, 0.6) is 0 Å². The number of pyridine rings is 1. The van der Waals surface area contributed by atoms with Crippen LogP contribution in [-0.2, 0) is 6.42 Å². The Morgan fingerprint density at radius 2 is 1.93 bits per heavy atom. The highest BCUT2D eigenvalue weighted by molar-refractivity contribution is 5.96. The molecule has 4 nitrogen and oxygen atoms in total. The Labute approximate surface area is 176 Å². The Hall–Kier alpha value is -3.14. The van der Waals surface area contributed by atoms with Gasteiger partial charge >= 0.3 is 6.03 Å². The molecule has 4 heteroatoms. The first-order valence-electron chi connectivity index (χ1n) is 11.0. The number of rotatable bonds is 1. The average molecular weight is 396 g/mol. The van der Waals surface area contributed by atoms with Gasteiger partial charge in [0.05, 0.1) is 11.6 Å². The molecular formula is C26H25N3O. The summed E-state index contributed by atoms with van der Waals surface area (Å²) in [7, 11) is 0. The molecule has 2 amide bonds. The maximum atomic E-state index is 13.6. The van der Waals surface area contributed by atoms with Crippen molar-refractivity contribution in [3.05, 3.63) is 78.0 Å². The summed E-state index contributed by atoms with van der Waals surface area (Å²) >= 11 is 0. The molecule has 3 aliphatic heterocycles. The number of para-hydroxylation sites is 1. The number of carbonyl (C=O) groups is 1. The van der Waals surface area contributed by atoms with Gasteiger partial charge in [0, 0.05) is 29.9 Å². The number of benzene rings is 2. The number of hydrogen-bond acceptors (Lipinski definition) is 2. The van der Waals surface area contributed by atoms with E-state index in [0.717, 1.165) is 49.9 Å². The lowest BCUT2D eigenvalue weighted by Crippen LogP contribution is -2.51. The predicted molar refractivity (Wildman–Crippen MR) is 120 cm³/mol. The number of carbonyl (C=O) groups excluding carboxylic acids is 1. The molecule has 0 spiro atoms. The van der Waals surface area contributed by atoms with Gasteiger partial charge in [0.25, 0.3) is 0 Å². The van der Waals surface area contributed by atoms with Crippen molar-refractivity contribution < 1.29 is 4.79 Å². The van der Waals surface area contributed by atoms with Crippen LogP contribution in [0.3, 0.4) is 0 Å². The predicted octanol–water partition coefficient (Wildman–Crippen LogP) is 5.43. The number of aromatic nitrogens is 1. The zero-order valence-corrected chi connectivity index (χ0v) is 17.0. The molecule has 0 radical (unpaired) electrons. The monoisotopic (exact) mass is 395 g/mol. The van der Waals surface area contributed by atoms with E-state index in [4.69, 9.17) is 0 Å². The van der Waals surface area contributed by atoms with E-state index >= 15 is 0 Å². The Kier molecular flexibility index (Phi) is 4.12. The summed E-state index contributed by atoms with van der Waals surface area (Å²) in [6.07, 6.45) is 9.35. The van der Waals surface area contributed by atoms with Gasteiger partial charge in [0.2, 0.25) is 0 Å². The van der Waals surface area contributed by atoms with Gasteiger partial charge in [-0.3, -0.25) is 9.88 Å². The second kappa shape index (κ2) is 6.98. The molecule has 2 unspecified atom stereocenters. The van der Waals surface area contributed by atoms with Gasteiger partial charge in [0.1, 0.15) is 0 Å². The quantitative estimate of drug-likeness (QED) is 0.551. The van der Waals surface area contributed by atoms with Crippen LogP contribution in [-0.4, -0.2) is 34.5 Å². The molecule has 2 atom stereocenters. The summed E-state index contributed by atoms with van der Waals surface area (Å²) in [5, 5.41) is 1.20. The highest BCUT2D eigenvalue weighted by Crippen LogP contribution is 2.41. The summed E-state index contributed by atoms with van der Waals surface area (Å²) in [6.45, 7) is 0.817. The normalized spacial score (nSPS) is 22.7. The van der Waals surface area contributed by atoms with Gasteiger partial charge in [-0.15, -0.1) is 0 Å². The number of hydrogen-bond donors (Lipinski definition) is 0. The Morgan fingerprint density at radius 3 is 2.87 bits per heavy atom.